The smallest absolute Gasteiger partial charge is 0.371 e. The van der Waals surface area contributed by atoms with Crippen LogP contribution in [0, 0.1) is 0 Å². The molecule has 2 N–H and O–H groups in total. The van der Waals surface area contributed by atoms with Crippen LogP contribution in [-0.2, 0) is 17.1 Å². The summed E-state index contributed by atoms with van der Waals surface area (Å²) in [5.41, 5.74) is 2.66. The van der Waals surface area contributed by atoms with Crippen molar-refractivity contribution in [3.05, 3.63) is 90.0 Å². The third kappa shape index (κ3) is 3.67. The molecular formula is C18H16FeN2O. The molecule has 0 radical (unpaired) electrons. The monoisotopic (exact) mass is 332 g/mol. The number of hydrogen-bond donors (Lipinski definition) is 2. The quantitative estimate of drug-likeness (QED) is 0.527. The normalized spacial score (nSPS) is 15.3. The third-order valence-corrected chi connectivity index (χ3v) is 3.32. The van der Waals surface area contributed by atoms with E-state index in [0.29, 0.717) is 5.56 Å². The van der Waals surface area contributed by atoms with Crippen molar-refractivity contribution in [1.82, 2.24) is 5.32 Å². The number of nitrogens with one attached hydrogen (secondary N) is 2. The molecule has 1 aliphatic heterocycles. The van der Waals surface area contributed by atoms with Crippen molar-refractivity contribution in [3.63, 3.8) is 0 Å². The van der Waals surface area contributed by atoms with Crippen LogP contribution in [0.3, 0.4) is 0 Å². The molecule has 0 saturated heterocycles. The zero-order valence-electron chi connectivity index (χ0n) is 11.8. The number of rotatable bonds is 1. The van der Waals surface area contributed by atoms with Crippen LogP contribution in [-0.4, -0.2) is 5.91 Å². The summed E-state index contributed by atoms with van der Waals surface area (Å²) in [5, 5.41) is 6.22. The van der Waals surface area contributed by atoms with Crippen LogP contribution in [0.4, 0.5) is 5.69 Å². The molecule has 3 aromatic rings. The van der Waals surface area contributed by atoms with E-state index in [1.165, 1.54) is 0 Å². The molecule has 0 saturated carbocycles. The summed E-state index contributed by atoms with van der Waals surface area (Å²) < 4.78 is 0. The summed E-state index contributed by atoms with van der Waals surface area (Å²) in [7, 11) is 0. The maximum absolute atomic E-state index is 11.8. The Morgan fingerprint density at radius 2 is 1.59 bits per heavy atom. The summed E-state index contributed by atoms with van der Waals surface area (Å²) in [5.74, 6) is -0.0273. The predicted octanol–water partition coefficient (Wildman–Crippen LogP) is 3.66. The number of carbonyl (C=O) groups is 1. The van der Waals surface area contributed by atoms with Gasteiger partial charge < -0.3 is 10.6 Å². The molecule has 0 spiro atoms. The van der Waals surface area contributed by atoms with Crippen molar-refractivity contribution in [2.75, 3.05) is 5.32 Å². The van der Waals surface area contributed by atoms with Crippen molar-refractivity contribution in [3.8, 4) is 0 Å². The first-order chi connectivity index (χ1) is 10.3. The fourth-order valence-corrected chi connectivity index (χ4v) is 2.28. The standard InChI is InChI=1S/C13H11N2O.C5H5.Fe/c16-13-10-7-3-4-8-11(10)14-12(15-13)9-5-1-2-6-9;1-2-4-5-3-1;/h1-8,12,14H,(H,15,16);1-5H;/q2*-1;+2. The van der Waals surface area contributed by atoms with Gasteiger partial charge in [-0.05, 0) is 12.1 Å². The number of fused-ring (bicyclic) bond motifs is 1. The Bertz CT molecular complexity index is 673. The van der Waals surface area contributed by atoms with Crippen molar-refractivity contribution in [2.24, 2.45) is 0 Å². The predicted molar refractivity (Wildman–Crippen MR) is 84.3 cm³/mol. The molecule has 112 valence electrons. The van der Waals surface area contributed by atoms with E-state index < -0.39 is 0 Å². The van der Waals surface area contributed by atoms with Crippen LogP contribution in [0.5, 0.6) is 0 Å². The van der Waals surface area contributed by atoms with E-state index in [1.807, 2.05) is 78.9 Å². The maximum Gasteiger partial charge on any atom is 2.00 e. The molecule has 0 aromatic heterocycles. The van der Waals surface area contributed by atoms with Gasteiger partial charge in [0.1, 0.15) is 0 Å². The average Bonchev–Trinajstić information content (AvgIpc) is 3.23. The van der Waals surface area contributed by atoms with Crippen LogP contribution in [0.25, 0.3) is 0 Å². The van der Waals surface area contributed by atoms with Gasteiger partial charge in [0, 0.05) is 5.69 Å². The van der Waals surface area contributed by atoms with Gasteiger partial charge >= 0.3 is 17.1 Å². The van der Waals surface area contributed by atoms with Gasteiger partial charge in [0.05, 0.1) is 11.7 Å². The van der Waals surface area contributed by atoms with Crippen molar-refractivity contribution in [2.45, 2.75) is 6.17 Å². The molecule has 1 atom stereocenters. The molecule has 0 aliphatic carbocycles. The second kappa shape index (κ2) is 7.64. The largest absolute Gasteiger partial charge is 2.00 e. The summed E-state index contributed by atoms with van der Waals surface area (Å²) in [6, 6.07) is 25.4. The van der Waals surface area contributed by atoms with Gasteiger partial charge in [-0.15, -0.1) is 5.56 Å². The number of amides is 1. The van der Waals surface area contributed by atoms with E-state index in [-0.39, 0.29) is 29.1 Å². The summed E-state index contributed by atoms with van der Waals surface area (Å²) >= 11 is 0. The van der Waals surface area contributed by atoms with E-state index in [2.05, 4.69) is 10.6 Å². The number of para-hydroxylation sites is 1. The Morgan fingerprint density at radius 3 is 2.23 bits per heavy atom. The molecule has 3 nitrogen and oxygen atoms in total. The van der Waals surface area contributed by atoms with E-state index in [9.17, 15) is 4.79 Å². The van der Waals surface area contributed by atoms with Crippen molar-refractivity contribution in [1.29, 1.82) is 0 Å². The van der Waals surface area contributed by atoms with Gasteiger partial charge in [-0.3, -0.25) is 4.79 Å². The molecule has 0 bridgehead atoms. The molecule has 4 rings (SSSR count). The zero-order valence-corrected chi connectivity index (χ0v) is 12.9. The van der Waals surface area contributed by atoms with E-state index in [1.54, 1.807) is 0 Å². The van der Waals surface area contributed by atoms with Gasteiger partial charge in [-0.2, -0.15) is 30.3 Å². The molecule has 1 aliphatic rings. The fourth-order valence-electron chi connectivity index (χ4n) is 2.28. The Balaban J connectivity index is 0.000000253. The topological polar surface area (TPSA) is 41.1 Å². The van der Waals surface area contributed by atoms with Crippen molar-refractivity contribution >= 4 is 11.6 Å². The maximum atomic E-state index is 11.8. The first-order valence-electron chi connectivity index (χ1n) is 6.89. The van der Waals surface area contributed by atoms with Gasteiger partial charge in [0.2, 0.25) is 0 Å². The summed E-state index contributed by atoms with van der Waals surface area (Å²) in [6.07, 6.45) is -0.127. The van der Waals surface area contributed by atoms with E-state index in [0.717, 1.165) is 11.3 Å². The Kier molecular flexibility index (Phi) is 5.59. The molecule has 1 unspecified atom stereocenters. The van der Waals surface area contributed by atoms with E-state index >= 15 is 0 Å². The average molecular weight is 332 g/mol. The Hall–Kier alpha value is -2.29. The zero-order chi connectivity index (χ0) is 14.5. The molecule has 22 heavy (non-hydrogen) atoms. The van der Waals surface area contributed by atoms with Gasteiger partial charge in [-0.1, -0.05) is 12.1 Å². The van der Waals surface area contributed by atoms with Crippen LogP contribution in [0.15, 0.2) is 78.9 Å². The molecule has 1 amide bonds. The summed E-state index contributed by atoms with van der Waals surface area (Å²) in [6.45, 7) is 0. The Morgan fingerprint density at radius 1 is 0.909 bits per heavy atom. The second-order valence-corrected chi connectivity index (χ2v) is 4.78. The number of carbonyl (C=O) groups excluding carboxylic acids is 1. The molecular weight excluding hydrogens is 316 g/mol. The number of hydrogen-bond acceptors (Lipinski definition) is 2. The van der Waals surface area contributed by atoms with Crippen LogP contribution in [0.2, 0.25) is 0 Å². The van der Waals surface area contributed by atoms with Gasteiger partial charge in [-0.25, -0.2) is 24.3 Å². The fraction of sp³-hybridized carbons (Fsp3) is 0.0556. The molecule has 4 heteroatoms. The minimum Gasteiger partial charge on any atom is -0.371 e. The van der Waals surface area contributed by atoms with Crippen LogP contribution < -0.4 is 10.6 Å². The second-order valence-electron chi connectivity index (χ2n) is 4.78. The first-order valence-corrected chi connectivity index (χ1v) is 6.89. The first kappa shape index (κ1) is 16.1. The third-order valence-electron chi connectivity index (χ3n) is 3.32. The van der Waals surface area contributed by atoms with Gasteiger partial charge in [0.25, 0.3) is 5.91 Å². The minimum atomic E-state index is -0.127. The van der Waals surface area contributed by atoms with Gasteiger partial charge in [0.15, 0.2) is 0 Å². The number of anilines is 1. The number of benzene rings is 1. The van der Waals surface area contributed by atoms with Crippen molar-refractivity contribution < 1.29 is 21.9 Å². The summed E-state index contributed by atoms with van der Waals surface area (Å²) in [4.78, 5) is 11.8. The molecule has 1 heterocycles. The SMILES string of the molecule is O=C1NC([c-]2cccc2)Nc2ccccc21.[Fe+2].c1cc[cH-]c1. The Labute approximate surface area is 140 Å². The van der Waals surface area contributed by atoms with Crippen LogP contribution >= 0.6 is 0 Å². The molecule has 3 aromatic carbocycles. The van der Waals surface area contributed by atoms with Crippen LogP contribution in [0.1, 0.15) is 22.1 Å². The minimum absolute atomic E-state index is 0. The molecule has 0 fully saturated rings. The van der Waals surface area contributed by atoms with E-state index in [4.69, 9.17) is 0 Å².